The zero-order valence-electron chi connectivity index (χ0n) is 18.7. The highest BCUT2D eigenvalue weighted by Gasteiger charge is 2.73. The maximum Gasteiger partial charge on any atom is 0.435 e. The summed E-state index contributed by atoms with van der Waals surface area (Å²) in [6.45, 7) is 0.263. The topological polar surface area (TPSA) is 79.5 Å². The Morgan fingerprint density at radius 3 is 1.70 bits per heavy atom. The third-order valence-corrected chi connectivity index (χ3v) is 4.68. The lowest BCUT2D eigenvalue weighted by Gasteiger charge is -2.31. The number of aryl methyl sites for hydroxylation is 2. The molecule has 0 aliphatic rings. The van der Waals surface area contributed by atoms with Crippen molar-refractivity contribution < 1.29 is 58.2 Å². The van der Waals surface area contributed by atoms with Crippen LogP contribution in [-0.4, -0.2) is 37.3 Å². The van der Waals surface area contributed by atoms with E-state index in [1.807, 2.05) is 5.32 Å². The van der Waals surface area contributed by atoms with E-state index in [0.29, 0.717) is 12.1 Å². The summed E-state index contributed by atoms with van der Waals surface area (Å²) in [4.78, 5) is 23.8. The van der Waals surface area contributed by atoms with Crippen LogP contribution in [0.3, 0.4) is 0 Å². The zero-order valence-corrected chi connectivity index (χ0v) is 18.7. The van der Waals surface area contributed by atoms with Crippen molar-refractivity contribution in [1.82, 2.24) is 0 Å². The molecule has 0 aliphatic heterocycles. The zero-order chi connectivity index (χ0) is 28.4. The third kappa shape index (κ3) is 7.16. The van der Waals surface area contributed by atoms with E-state index in [4.69, 9.17) is 0 Å². The molecule has 6 nitrogen and oxygen atoms in total. The van der Waals surface area contributed by atoms with Crippen molar-refractivity contribution in [3.05, 3.63) is 53.1 Å². The number of amides is 3. The molecule has 0 aliphatic carbocycles. The number of ether oxygens (including phenoxy) is 1. The number of halogens is 10. The van der Waals surface area contributed by atoms with Gasteiger partial charge in [0.2, 0.25) is 0 Å². The average Bonchev–Trinajstić information content (AvgIpc) is 2.72. The first-order valence-corrected chi connectivity index (χ1v) is 9.87. The van der Waals surface area contributed by atoms with Gasteiger partial charge in [0.15, 0.2) is 6.61 Å². The normalized spacial score (nSPS) is 12.6. The van der Waals surface area contributed by atoms with Crippen LogP contribution in [0.4, 0.5) is 70.6 Å². The maximum absolute atomic E-state index is 14.4. The van der Waals surface area contributed by atoms with Gasteiger partial charge in [-0.2, -0.15) is 39.5 Å². The molecule has 0 saturated carbocycles. The number of carbonyl (C=O) groups is 2. The van der Waals surface area contributed by atoms with E-state index in [2.05, 4.69) is 15.4 Å². The molecule has 3 amide bonds. The lowest BCUT2D eigenvalue weighted by Crippen LogP contribution is -2.50. The van der Waals surface area contributed by atoms with E-state index in [1.54, 1.807) is 0 Å². The second kappa shape index (κ2) is 10.3. The number of carbonyl (C=O) groups excluding carboxylic acids is 2. The minimum absolute atomic E-state index is 0.0186. The molecule has 0 saturated heterocycles. The second-order valence-electron chi connectivity index (χ2n) is 7.62. The summed E-state index contributed by atoms with van der Waals surface area (Å²) in [7, 11) is 0. The summed E-state index contributed by atoms with van der Waals surface area (Å²) in [6.07, 6.45) is -18.8. The minimum atomic E-state index is -6.31. The molecule has 37 heavy (non-hydrogen) atoms. The van der Waals surface area contributed by atoms with Crippen LogP contribution in [0.15, 0.2) is 36.4 Å². The molecular weight excluding hydrogens is 532 g/mol. The number of anilines is 3. The molecule has 16 heteroatoms. The predicted octanol–water partition coefficient (Wildman–Crippen LogP) is 7.35. The SMILES string of the molecule is Cc1cc(C(F)(C(F)(F)F)C(F)(F)F)cc(C)c1NC(=O)Nc1cccc(NC(=O)OCC(F)(F)F)c1. The van der Waals surface area contributed by atoms with E-state index in [-0.39, 0.29) is 28.2 Å². The Hall–Kier alpha value is -3.72. The van der Waals surface area contributed by atoms with Crippen LogP contribution >= 0.6 is 0 Å². The monoisotopic (exact) mass is 549 g/mol. The van der Waals surface area contributed by atoms with Gasteiger partial charge < -0.3 is 15.4 Å². The van der Waals surface area contributed by atoms with Gasteiger partial charge in [-0.25, -0.2) is 14.0 Å². The number of nitrogens with one attached hydrogen (secondary N) is 3. The first-order chi connectivity index (χ1) is 16.7. The molecule has 204 valence electrons. The summed E-state index contributed by atoms with van der Waals surface area (Å²) in [5.74, 6) is 0. The number of benzene rings is 2. The van der Waals surface area contributed by atoms with Crippen LogP contribution in [0.2, 0.25) is 0 Å². The number of hydrogen-bond donors (Lipinski definition) is 3. The molecule has 0 unspecified atom stereocenters. The Kier molecular flexibility index (Phi) is 8.24. The number of urea groups is 1. The first kappa shape index (κ1) is 29.5. The van der Waals surface area contributed by atoms with Crippen molar-refractivity contribution in [2.24, 2.45) is 0 Å². The van der Waals surface area contributed by atoms with Gasteiger partial charge in [0.25, 0.3) is 0 Å². The van der Waals surface area contributed by atoms with Crippen molar-refractivity contribution in [3.8, 4) is 0 Å². The quantitative estimate of drug-likeness (QED) is 0.342. The van der Waals surface area contributed by atoms with Gasteiger partial charge in [-0.1, -0.05) is 18.2 Å². The molecule has 3 N–H and O–H groups in total. The predicted molar refractivity (Wildman–Crippen MR) is 111 cm³/mol. The van der Waals surface area contributed by atoms with Crippen LogP contribution in [0.1, 0.15) is 16.7 Å². The summed E-state index contributed by atoms with van der Waals surface area (Å²) in [5.41, 5.74) is -8.31. The standard InChI is InChI=1S/C21H17F10N3O3/c1-10-6-12(19(25,20(26,27)28)21(29,30)31)7-11(2)15(10)34-16(35)32-13-4-3-5-14(8-13)33-17(36)37-9-18(22,23)24/h3-8H,9H2,1-2H3,(H,33,36)(H2,32,34,35). The summed E-state index contributed by atoms with van der Waals surface area (Å²) < 4.78 is 133. The molecule has 0 aromatic heterocycles. The third-order valence-electron chi connectivity index (χ3n) is 4.68. The smallest absolute Gasteiger partial charge is 0.435 e. The fraction of sp³-hybridized carbons (Fsp3) is 0.333. The van der Waals surface area contributed by atoms with E-state index in [0.717, 1.165) is 19.9 Å². The summed E-state index contributed by atoms with van der Waals surface area (Å²) in [5, 5.41) is 6.45. The second-order valence-corrected chi connectivity index (χ2v) is 7.62. The molecular formula is C21H17F10N3O3. The van der Waals surface area contributed by atoms with Gasteiger partial charge in [-0.3, -0.25) is 5.32 Å². The van der Waals surface area contributed by atoms with Crippen molar-refractivity contribution in [1.29, 1.82) is 0 Å². The van der Waals surface area contributed by atoms with Gasteiger partial charge >= 0.3 is 36.3 Å². The molecule has 0 bridgehead atoms. The van der Waals surface area contributed by atoms with E-state index < -0.39 is 48.5 Å². The van der Waals surface area contributed by atoms with E-state index in [1.165, 1.54) is 18.2 Å². The Bertz CT molecular complexity index is 1120. The highest BCUT2D eigenvalue weighted by Crippen LogP contribution is 2.53. The molecule has 0 heterocycles. The van der Waals surface area contributed by atoms with Crippen molar-refractivity contribution in [2.75, 3.05) is 22.6 Å². The molecule has 0 fully saturated rings. The van der Waals surface area contributed by atoms with Crippen molar-refractivity contribution in [2.45, 2.75) is 38.0 Å². The number of rotatable bonds is 5. The van der Waals surface area contributed by atoms with Crippen LogP contribution in [-0.2, 0) is 10.4 Å². The highest BCUT2D eigenvalue weighted by atomic mass is 19.4. The Labute approximate surface area is 202 Å². The fourth-order valence-corrected chi connectivity index (χ4v) is 3.10. The van der Waals surface area contributed by atoms with Gasteiger partial charge in [-0.15, -0.1) is 0 Å². The maximum atomic E-state index is 14.4. The van der Waals surface area contributed by atoms with E-state index in [9.17, 15) is 53.5 Å². The number of alkyl halides is 10. The average molecular weight is 549 g/mol. The molecule has 0 atom stereocenters. The van der Waals surface area contributed by atoms with Crippen LogP contribution < -0.4 is 16.0 Å². The van der Waals surface area contributed by atoms with Gasteiger partial charge in [-0.05, 0) is 43.2 Å². The fourth-order valence-electron chi connectivity index (χ4n) is 3.10. The lowest BCUT2D eigenvalue weighted by atomic mass is 9.90. The molecule has 2 rings (SSSR count). The van der Waals surface area contributed by atoms with Crippen molar-refractivity contribution in [3.63, 3.8) is 0 Å². The summed E-state index contributed by atoms with van der Waals surface area (Å²) in [6, 6.07) is 4.51. The molecule has 0 spiro atoms. The lowest BCUT2D eigenvalue weighted by molar-refractivity contribution is -0.348. The van der Waals surface area contributed by atoms with E-state index >= 15 is 0 Å². The first-order valence-electron chi connectivity index (χ1n) is 9.87. The van der Waals surface area contributed by atoms with Crippen molar-refractivity contribution >= 4 is 29.2 Å². The molecule has 2 aromatic rings. The highest BCUT2D eigenvalue weighted by molar-refractivity contribution is 6.01. The van der Waals surface area contributed by atoms with Crippen LogP contribution in [0, 0.1) is 13.8 Å². The summed E-state index contributed by atoms with van der Waals surface area (Å²) >= 11 is 0. The minimum Gasteiger partial charge on any atom is -0.440 e. The van der Waals surface area contributed by atoms with Gasteiger partial charge in [0.1, 0.15) is 0 Å². The Morgan fingerprint density at radius 1 is 0.757 bits per heavy atom. The van der Waals surface area contributed by atoms with Gasteiger partial charge in [0.05, 0.1) is 0 Å². The largest absolute Gasteiger partial charge is 0.440 e. The van der Waals surface area contributed by atoms with Crippen LogP contribution in [0.5, 0.6) is 0 Å². The molecule has 0 radical (unpaired) electrons. The Balaban J connectivity index is 2.19. The molecule has 2 aromatic carbocycles. The Morgan fingerprint density at radius 2 is 1.24 bits per heavy atom. The number of hydrogen-bond acceptors (Lipinski definition) is 3. The van der Waals surface area contributed by atoms with Crippen LogP contribution in [0.25, 0.3) is 0 Å². The van der Waals surface area contributed by atoms with Gasteiger partial charge in [0, 0.05) is 22.6 Å².